The van der Waals surface area contributed by atoms with Crippen LogP contribution in [0.15, 0.2) is 12.3 Å². The lowest BCUT2D eigenvalue weighted by Crippen LogP contribution is -2.08. The van der Waals surface area contributed by atoms with Crippen molar-refractivity contribution in [2.24, 2.45) is 0 Å². The van der Waals surface area contributed by atoms with Gasteiger partial charge in [-0.1, -0.05) is 6.92 Å². The van der Waals surface area contributed by atoms with Crippen LogP contribution in [-0.4, -0.2) is 26.4 Å². The molecule has 0 saturated heterocycles. The maximum absolute atomic E-state index is 9.87. The van der Waals surface area contributed by atoms with Crippen LogP contribution in [0.25, 0.3) is 0 Å². The Balaban J connectivity index is 2.47. The molecule has 1 heterocycles. The zero-order valence-corrected chi connectivity index (χ0v) is 9.63. The van der Waals surface area contributed by atoms with Gasteiger partial charge in [-0.05, 0) is 30.9 Å². The molecule has 80 valence electrons. The first-order chi connectivity index (χ1) is 6.79. The molecule has 1 aromatic heterocycles. The zero-order valence-electron chi connectivity index (χ0n) is 8.81. The van der Waals surface area contributed by atoms with Gasteiger partial charge in [0, 0.05) is 12.7 Å². The minimum atomic E-state index is -0.364. The lowest BCUT2D eigenvalue weighted by molar-refractivity contribution is 0.164. The number of thioether (sulfide) groups is 1. The third-order valence-electron chi connectivity index (χ3n) is 2.13. The lowest BCUT2D eigenvalue weighted by Gasteiger charge is -2.11. The van der Waals surface area contributed by atoms with Crippen LogP contribution in [0.2, 0.25) is 0 Å². The van der Waals surface area contributed by atoms with Gasteiger partial charge in [0.25, 0.3) is 0 Å². The summed E-state index contributed by atoms with van der Waals surface area (Å²) >= 11 is 1.86. The highest BCUT2D eigenvalue weighted by Crippen LogP contribution is 2.18. The van der Waals surface area contributed by atoms with Crippen molar-refractivity contribution >= 4 is 11.8 Å². The van der Waals surface area contributed by atoms with Gasteiger partial charge in [0.15, 0.2) is 0 Å². The van der Waals surface area contributed by atoms with Gasteiger partial charge in [-0.25, -0.2) is 0 Å². The minimum Gasteiger partial charge on any atom is -0.387 e. The Morgan fingerprint density at radius 2 is 2.36 bits per heavy atom. The molecule has 1 aromatic rings. The second-order valence-electron chi connectivity index (χ2n) is 3.07. The summed E-state index contributed by atoms with van der Waals surface area (Å²) in [4.78, 5) is 0. The Hall–Kier alpha value is -0.480. The Bertz CT molecular complexity index is 262. The van der Waals surface area contributed by atoms with Gasteiger partial charge in [0.05, 0.1) is 11.8 Å². The predicted octanol–water partition coefficient (Wildman–Crippen LogP) is 2.08. The van der Waals surface area contributed by atoms with Gasteiger partial charge in [0.2, 0.25) is 0 Å². The van der Waals surface area contributed by atoms with Crippen molar-refractivity contribution in [3.8, 4) is 0 Å². The van der Waals surface area contributed by atoms with Crippen LogP contribution in [-0.2, 0) is 6.54 Å². The first kappa shape index (κ1) is 11.6. The van der Waals surface area contributed by atoms with Crippen molar-refractivity contribution in [2.75, 3.05) is 11.5 Å². The van der Waals surface area contributed by atoms with Crippen molar-refractivity contribution in [1.29, 1.82) is 0 Å². The third kappa shape index (κ3) is 3.03. The highest BCUT2D eigenvalue weighted by Gasteiger charge is 2.11. The van der Waals surface area contributed by atoms with Crippen molar-refractivity contribution in [3.05, 3.63) is 18.0 Å². The van der Waals surface area contributed by atoms with E-state index in [-0.39, 0.29) is 6.10 Å². The van der Waals surface area contributed by atoms with E-state index in [4.69, 9.17) is 0 Å². The number of hydrogen-bond acceptors (Lipinski definition) is 3. The van der Waals surface area contributed by atoms with E-state index in [1.54, 1.807) is 6.20 Å². The second-order valence-corrected chi connectivity index (χ2v) is 4.47. The van der Waals surface area contributed by atoms with Gasteiger partial charge in [-0.2, -0.15) is 16.9 Å². The van der Waals surface area contributed by atoms with E-state index < -0.39 is 0 Å². The molecule has 1 unspecified atom stereocenters. The summed E-state index contributed by atoms with van der Waals surface area (Å²) in [6.45, 7) is 4.98. The Labute approximate surface area is 89.5 Å². The fourth-order valence-electron chi connectivity index (χ4n) is 1.38. The van der Waals surface area contributed by atoms with E-state index in [0.717, 1.165) is 30.2 Å². The van der Waals surface area contributed by atoms with Gasteiger partial charge in [-0.3, -0.25) is 4.68 Å². The first-order valence-electron chi connectivity index (χ1n) is 5.07. The number of aromatic nitrogens is 2. The van der Waals surface area contributed by atoms with E-state index in [9.17, 15) is 5.11 Å². The largest absolute Gasteiger partial charge is 0.387 e. The monoisotopic (exact) mass is 214 g/mol. The van der Waals surface area contributed by atoms with E-state index in [2.05, 4.69) is 12.0 Å². The molecule has 1 rings (SSSR count). The normalized spacial score (nSPS) is 13.1. The van der Waals surface area contributed by atoms with Crippen LogP contribution in [0.5, 0.6) is 0 Å². The molecule has 0 aliphatic heterocycles. The standard InChI is InChI=1S/C10H18N2OS/c1-3-12-9(5-7-11-12)10(13)6-8-14-4-2/h5,7,10,13H,3-4,6,8H2,1-2H3. The van der Waals surface area contributed by atoms with E-state index >= 15 is 0 Å². The van der Waals surface area contributed by atoms with Crippen molar-refractivity contribution in [1.82, 2.24) is 9.78 Å². The fraction of sp³-hybridized carbons (Fsp3) is 0.700. The highest BCUT2D eigenvalue weighted by molar-refractivity contribution is 7.99. The molecule has 0 saturated carbocycles. The van der Waals surface area contributed by atoms with Crippen LogP contribution in [0.1, 0.15) is 32.1 Å². The van der Waals surface area contributed by atoms with Gasteiger partial charge in [0.1, 0.15) is 0 Å². The van der Waals surface area contributed by atoms with E-state index in [0.29, 0.717) is 0 Å². The number of aliphatic hydroxyl groups excluding tert-OH is 1. The van der Waals surface area contributed by atoms with Crippen molar-refractivity contribution in [3.63, 3.8) is 0 Å². The maximum Gasteiger partial charge on any atom is 0.0964 e. The van der Waals surface area contributed by atoms with Crippen LogP contribution in [0.4, 0.5) is 0 Å². The number of nitrogens with zero attached hydrogens (tertiary/aromatic N) is 2. The van der Waals surface area contributed by atoms with Crippen LogP contribution in [0, 0.1) is 0 Å². The summed E-state index contributed by atoms with van der Waals surface area (Å²) in [6, 6.07) is 1.89. The SMILES string of the molecule is CCSCCC(O)c1ccnn1CC. The van der Waals surface area contributed by atoms with Crippen LogP contribution in [0.3, 0.4) is 0 Å². The molecule has 0 fully saturated rings. The molecule has 1 N–H and O–H groups in total. The molecule has 0 spiro atoms. The van der Waals surface area contributed by atoms with Crippen molar-refractivity contribution in [2.45, 2.75) is 32.9 Å². The Morgan fingerprint density at radius 3 is 3.00 bits per heavy atom. The van der Waals surface area contributed by atoms with Gasteiger partial charge >= 0.3 is 0 Å². The molecule has 3 nitrogen and oxygen atoms in total. The van der Waals surface area contributed by atoms with Gasteiger partial charge in [-0.15, -0.1) is 0 Å². The number of aliphatic hydroxyl groups is 1. The molecule has 0 aliphatic carbocycles. The molecular weight excluding hydrogens is 196 g/mol. The summed E-state index contributed by atoms with van der Waals surface area (Å²) in [6.07, 6.45) is 2.19. The average Bonchev–Trinajstić information content (AvgIpc) is 2.65. The summed E-state index contributed by atoms with van der Waals surface area (Å²) in [5, 5.41) is 14.0. The third-order valence-corrected chi connectivity index (χ3v) is 3.06. The second kappa shape index (κ2) is 6.09. The summed E-state index contributed by atoms with van der Waals surface area (Å²) in [7, 11) is 0. The molecular formula is C10H18N2OS. The lowest BCUT2D eigenvalue weighted by atomic mass is 10.2. The van der Waals surface area contributed by atoms with E-state index in [1.807, 2.05) is 29.4 Å². The molecule has 0 aromatic carbocycles. The smallest absolute Gasteiger partial charge is 0.0964 e. The first-order valence-corrected chi connectivity index (χ1v) is 6.22. The average molecular weight is 214 g/mol. The topological polar surface area (TPSA) is 38.1 Å². The van der Waals surface area contributed by atoms with E-state index in [1.165, 1.54) is 0 Å². The molecule has 0 aliphatic rings. The Morgan fingerprint density at radius 1 is 1.57 bits per heavy atom. The number of hydrogen-bond donors (Lipinski definition) is 1. The highest BCUT2D eigenvalue weighted by atomic mass is 32.2. The molecule has 0 bridgehead atoms. The summed E-state index contributed by atoms with van der Waals surface area (Å²) < 4.78 is 1.85. The number of aryl methyl sites for hydroxylation is 1. The maximum atomic E-state index is 9.87. The van der Waals surface area contributed by atoms with Crippen molar-refractivity contribution < 1.29 is 5.11 Å². The fourth-order valence-corrected chi connectivity index (χ4v) is 2.06. The van der Waals surface area contributed by atoms with Gasteiger partial charge < -0.3 is 5.11 Å². The van der Waals surface area contributed by atoms with Crippen LogP contribution >= 0.6 is 11.8 Å². The molecule has 0 radical (unpaired) electrons. The molecule has 0 amide bonds. The molecule has 1 atom stereocenters. The number of rotatable bonds is 6. The predicted molar refractivity (Wildman–Crippen MR) is 60.5 cm³/mol. The minimum absolute atomic E-state index is 0.364. The summed E-state index contributed by atoms with van der Waals surface area (Å²) in [5.41, 5.74) is 0.934. The molecule has 4 heteroatoms. The summed E-state index contributed by atoms with van der Waals surface area (Å²) in [5.74, 6) is 2.12. The Kier molecular flexibility index (Phi) is 5.04. The quantitative estimate of drug-likeness (QED) is 0.737. The van der Waals surface area contributed by atoms with Crippen LogP contribution < -0.4 is 0 Å². The zero-order chi connectivity index (χ0) is 10.4. The molecule has 14 heavy (non-hydrogen) atoms.